The zero-order chi connectivity index (χ0) is 24.7. The van der Waals surface area contributed by atoms with Crippen molar-refractivity contribution in [2.24, 2.45) is 7.05 Å². The first-order valence-electron chi connectivity index (χ1n) is 10.7. The molecule has 0 radical (unpaired) electrons. The van der Waals surface area contributed by atoms with Gasteiger partial charge in [0.2, 0.25) is 0 Å². The second kappa shape index (κ2) is 11.0. The minimum Gasteiger partial charge on any atom is -0.505 e. The molecule has 1 heterocycles. The summed E-state index contributed by atoms with van der Waals surface area (Å²) < 4.78 is 12.2. The Morgan fingerprint density at radius 1 is 1.09 bits per heavy atom. The quantitative estimate of drug-likeness (QED) is 0.433. The molecular formula is C25H27N3O6. The fourth-order valence-corrected chi connectivity index (χ4v) is 3.36. The number of nitrogens with zero attached hydrogens (tertiary/aromatic N) is 1. The summed E-state index contributed by atoms with van der Waals surface area (Å²) in [5, 5.41) is 15.3. The van der Waals surface area contributed by atoms with Crippen LogP contribution in [0.1, 0.15) is 30.5 Å². The molecule has 0 saturated heterocycles. The molecule has 1 aromatic heterocycles. The first-order valence-corrected chi connectivity index (χ1v) is 10.7. The first-order chi connectivity index (χ1) is 16.3. The maximum Gasteiger partial charge on any atom is 0.319 e. The molecule has 0 aliphatic rings. The van der Waals surface area contributed by atoms with Gasteiger partial charge in [0.1, 0.15) is 17.2 Å². The predicted octanol–water partition coefficient (Wildman–Crippen LogP) is 4.01. The van der Waals surface area contributed by atoms with E-state index >= 15 is 0 Å². The van der Waals surface area contributed by atoms with E-state index in [1.807, 2.05) is 30.3 Å². The van der Waals surface area contributed by atoms with Crippen molar-refractivity contribution in [1.82, 2.24) is 9.88 Å². The van der Waals surface area contributed by atoms with Gasteiger partial charge in [0.25, 0.3) is 5.56 Å². The van der Waals surface area contributed by atoms with E-state index < -0.39 is 23.6 Å². The summed E-state index contributed by atoms with van der Waals surface area (Å²) in [6, 6.07) is 14.6. The molecule has 0 fully saturated rings. The summed E-state index contributed by atoms with van der Waals surface area (Å²) in [5.74, 6) is 0.331. The van der Waals surface area contributed by atoms with Crippen molar-refractivity contribution in [3.8, 4) is 17.2 Å². The SMILES string of the molecule is CCOC(=O)CC(NC(=O)Nc1c(O)c(C)cn(C)c1=O)c1cccc(Oc2ccccc2)c1. The smallest absolute Gasteiger partial charge is 0.319 e. The molecule has 0 aliphatic carbocycles. The highest BCUT2D eigenvalue weighted by Gasteiger charge is 2.22. The molecule has 178 valence electrons. The Morgan fingerprint density at radius 3 is 2.50 bits per heavy atom. The van der Waals surface area contributed by atoms with E-state index in [1.54, 1.807) is 38.1 Å². The Balaban J connectivity index is 1.84. The maximum atomic E-state index is 12.8. The highest BCUT2D eigenvalue weighted by atomic mass is 16.5. The van der Waals surface area contributed by atoms with Gasteiger partial charge < -0.3 is 29.8 Å². The van der Waals surface area contributed by atoms with Gasteiger partial charge in [-0.3, -0.25) is 9.59 Å². The van der Waals surface area contributed by atoms with Crippen LogP contribution in [0.15, 0.2) is 65.6 Å². The number of carbonyl (C=O) groups is 2. The van der Waals surface area contributed by atoms with Gasteiger partial charge in [0.05, 0.1) is 19.1 Å². The summed E-state index contributed by atoms with van der Waals surface area (Å²) in [7, 11) is 1.51. The van der Waals surface area contributed by atoms with Gasteiger partial charge in [-0.15, -0.1) is 0 Å². The van der Waals surface area contributed by atoms with E-state index in [-0.39, 0.29) is 24.5 Å². The summed E-state index contributed by atoms with van der Waals surface area (Å²) in [6.07, 6.45) is 1.32. The number of ether oxygens (including phenoxy) is 2. The molecule has 3 rings (SSSR count). The Bertz CT molecular complexity index is 1220. The number of urea groups is 1. The van der Waals surface area contributed by atoms with Crippen LogP contribution in [0.3, 0.4) is 0 Å². The van der Waals surface area contributed by atoms with Crippen LogP contribution in [0.4, 0.5) is 10.5 Å². The third-order valence-corrected chi connectivity index (χ3v) is 4.99. The molecule has 1 atom stereocenters. The highest BCUT2D eigenvalue weighted by molar-refractivity contribution is 5.91. The monoisotopic (exact) mass is 465 g/mol. The number of para-hydroxylation sites is 1. The summed E-state index contributed by atoms with van der Waals surface area (Å²) in [4.78, 5) is 37.4. The van der Waals surface area contributed by atoms with Gasteiger partial charge in [-0.2, -0.15) is 0 Å². The molecule has 3 aromatic rings. The Hall–Kier alpha value is -4.27. The maximum absolute atomic E-state index is 12.8. The van der Waals surface area contributed by atoms with Crippen molar-refractivity contribution in [2.75, 3.05) is 11.9 Å². The summed E-state index contributed by atoms with van der Waals surface area (Å²) in [6.45, 7) is 3.50. The number of esters is 1. The Kier molecular flexibility index (Phi) is 7.92. The molecule has 34 heavy (non-hydrogen) atoms. The zero-order valence-corrected chi connectivity index (χ0v) is 19.2. The molecule has 0 aliphatic heterocycles. The molecule has 3 N–H and O–H groups in total. The lowest BCUT2D eigenvalue weighted by molar-refractivity contribution is -0.143. The third kappa shape index (κ3) is 6.16. The van der Waals surface area contributed by atoms with Crippen molar-refractivity contribution in [2.45, 2.75) is 26.3 Å². The Labute approximate surface area is 197 Å². The molecule has 9 heteroatoms. The highest BCUT2D eigenvalue weighted by Crippen LogP contribution is 2.27. The van der Waals surface area contributed by atoms with Crippen LogP contribution in [0.2, 0.25) is 0 Å². The van der Waals surface area contributed by atoms with E-state index in [0.29, 0.717) is 22.6 Å². The lowest BCUT2D eigenvalue weighted by Crippen LogP contribution is -2.36. The van der Waals surface area contributed by atoms with Crippen molar-refractivity contribution < 1.29 is 24.2 Å². The van der Waals surface area contributed by atoms with E-state index in [4.69, 9.17) is 9.47 Å². The van der Waals surface area contributed by atoms with E-state index in [0.717, 1.165) is 0 Å². The third-order valence-electron chi connectivity index (χ3n) is 4.99. The van der Waals surface area contributed by atoms with E-state index in [2.05, 4.69) is 10.6 Å². The van der Waals surface area contributed by atoms with Gasteiger partial charge in [0, 0.05) is 18.8 Å². The Morgan fingerprint density at radius 2 is 1.79 bits per heavy atom. The van der Waals surface area contributed by atoms with Gasteiger partial charge >= 0.3 is 12.0 Å². The van der Waals surface area contributed by atoms with Crippen molar-refractivity contribution >= 4 is 17.7 Å². The van der Waals surface area contributed by atoms with Crippen LogP contribution < -0.4 is 20.9 Å². The normalized spacial score (nSPS) is 11.4. The number of nitrogens with one attached hydrogen (secondary N) is 2. The molecule has 2 aromatic carbocycles. The number of aryl methyl sites for hydroxylation is 2. The number of amides is 2. The van der Waals surface area contributed by atoms with Crippen molar-refractivity contribution in [3.05, 3.63) is 82.3 Å². The number of hydrogen-bond acceptors (Lipinski definition) is 6. The van der Waals surface area contributed by atoms with Crippen LogP contribution in [0.25, 0.3) is 0 Å². The van der Waals surface area contributed by atoms with Crippen LogP contribution in [-0.2, 0) is 16.6 Å². The van der Waals surface area contributed by atoms with Crippen molar-refractivity contribution in [3.63, 3.8) is 0 Å². The van der Waals surface area contributed by atoms with Gasteiger partial charge in [0.15, 0.2) is 5.69 Å². The van der Waals surface area contributed by atoms with E-state index in [9.17, 15) is 19.5 Å². The van der Waals surface area contributed by atoms with Crippen LogP contribution in [-0.4, -0.2) is 28.3 Å². The van der Waals surface area contributed by atoms with Crippen LogP contribution in [0, 0.1) is 6.92 Å². The largest absolute Gasteiger partial charge is 0.505 e. The second-order valence-electron chi connectivity index (χ2n) is 7.60. The molecule has 0 saturated carbocycles. The van der Waals surface area contributed by atoms with E-state index in [1.165, 1.54) is 17.8 Å². The fraction of sp³-hybridized carbons (Fsp3) is 0.240. The van der Waals surface area contributed by atoms with Crippen LogP contribution in [0.5, 0.6) is 17.2 Å². The molecular weight excluding hydrogens is 438 g/mol. The topological polar surface area (TPSA) is 119 Å². The number of pyridine rings is 1. The molecule has 9 nitrogen and oxygen atoms in total. The first kappa shape index (κ1) is 24.4. The minimum absolute atomic E-state index is 0.145. The number of rotatable bonds is 8. The standard InChI is InChI=1S/C25H27N3O6/c1-4-33-21(29)14-20(17-9-8-12-19(13-17)34-18-10-6-5-7-11-18)26-25(32)27-22-23(30)16(2)15-28(3)24(22)31/h5-13,15,20,30H,4,14H2,1-3H3,(H2,26,27,32). The minimum atomic E-state index is -0.783. The molecule has 2 amide bonds. The lowest BCUT2D eigenvalue weighted by atomic mass is 10.0. The number of aromatic hydroxyl groups is 1. The van der Waals surface area contributed by atoms with Gasteiger partial charge in [-0.05, 0) is 43.7 Å². The van der Waals surface area contributed by atoms with Gasteiger partial charge in [-0.1, -0.05) is 30.3 Å². The van der Waals surface area contributed by atoms with Crippen molar-refractivity contribution in [1.29, 1.82) is 0 Å². The number of hydrogen-bond donors (Lipinski definition) is 3. The number of carbonyl (C=O) groups excluding carboxylic acids is 2. The second-order valence-corrected chi connectivity index (χ2v) is 7.60. The fourth-order valence-electron chi connectivity index (χ4n) is 3.36. The zero-order valence-electron chi connectivity index (χ0n) is 19.2. The summed E-state index contributed by atoms with van der Waals surface area (Å²) >= 11 is 0. The number of aromatic nitrogens is 1. The average Bonchev–Trinajstić information content (AvgIpc) is 2.81. The summed E-state index contributed by atoms with van der Waals surface area (Å²) in [5.41, 5.74) is 0.193. The number of benzene rings is 2. The molecule has 0 spiro atoms. The molecule has 0 bridgehead atoms. The van der Waals surface area contributed by atoms with Crippen LogP contribution >= 0.6 is 0 Å². The van der Waals surface area contributed by atoms with Gasteiger partial charge in [-0.25, -0.2) is 4.79 Å². The predicted molar refractivity (Wildman–Crippen MR) is 127 cm³/mol. The lowest BCUT2D eigenvalue weighted by Gasteiger charge is -2.20. The number of anilines is 1. The molecule has 1 unspecified atom stereocenters. The average molecular weight is 466 g/mol.